The number of benzene rings is 1. The van der Waals surface area contributed by atoms with Crippen molar-refractivity contribution in [1.82, 2.24) is 0 Å². The van der Waals surface area contributed by atoms with Crippen LogP contribution in [0.1, 0.15) is 26.3 Å². The van der Waals surface area contributed by atoms with Crippen LogP contribution in [0.2, 0.25) is 0 Å². The normalized spacial score (nSPS) is 12.3. The van der Waals surface area contributed by atoms with Gasteiger partial charge < -0.3 is 4.74 Å². The maximum Gasteiger partial charge on any atom is 0.573 e. The van der Waals surface area contributed by atoms with Crippen molar-refractivity contribution in [3.05, 3.63) is 29.8 Å². The predicted octanol–water partition coefficient (Wildman–Crippen LogP) is 3.74. The molecule has 0 atom stereocenters. The standard InChI is InChI=1S/C13H15F3O2/c1-12(2,3)11(17)8-9-4-6-10(7-5-9)18-13(14,15)16/h4-7H,8H2,1-3H3. The molecule has 0 saturated carbocycles. The third-order valence-electron chi connectivity index (χ3n) is 2.36. The Balaban J connectivity index is 2.70. The summed E-state index contributed by atoms with van der Waals surface area (Å²) in [7, 11) is 0. The molecule has 0 spiro atoms. The zero-order valence-corrected chi connectivity index (χ0v) is 10.5. The molecule has 0 aromatic heterocycles. The highest BCUT2D eigenvalue weighted by atomic mass is 19.4. The highest BCUT2D eigenvalue weighted by molar-refractivity contribution is 5.85. The molecule has 18 heavy (non-hydrogen) atoms. The first kappa shape index (κ1) is 14.5. The third kappa shape index (κ3) is 4.77. The smallest absolute Gasteiger partial charge is 0.406 e. The third-order valence-corrected chi connectivity index (χ3v) is 2.36. The van der Waals surface area contributed by atoms with Gasteiger partial charge in [-0.15, -0.1) is 13.2 Å². The second-order valence-corrected chi connectivity index (χ2v) is 5.04. The molecule has 0 fully saturated rings. The highest BCUT2D eigenvalue weighted by Gasteiger charge is 2.31. The van der Waals surface area contributed by atoms with Crippen LogP contribution < -0.4 is 4.74 Å². The van der Waals surface area contributed by atoms with E-state index in [4.69, 9.17) is 0 Å². The van der Waals surface area contributed by atoms with E-state index in [2.05, 4.69) is 4.74 Å². The highest BCUT2D eigenvalue weighted by Crippen LogP contribution is 2.24. The number of rotatable bonds is 3. The summed E-state index contributed by atoms with van der Waals surface area (Å²) < 4.78 is 39.5. The lowest BCUT2D eigenvalue weighted by Crippen LogP contribution is -2.22. The Kier molecular flexibility index (Phi) is 4.04. The van der Waals surface area contributed by atoms with Gasteiger partial charge in [0.2, 0.25) is 0 Å². The summed E-state index contributed by atoms with van der Waals surface area (Å²) in [5, 5.41) is 0. The fraction of sp³-hybridized carbons (Fsp3) is 0.462. The number of hydrogen-bond acceptors (Lipinski definition) is 2. The van der Waals surface area contributed by atoms with Crippen LogP contribution in [-0.2, 0) is 11.2 Å². The van der Waals surface area contributed by atoms with E-state index >= 15 is 0 Å². The molecule has 1 aromatic carbocycles. The van der Waals surface area contributed by atoms with Gasteiger partial charge in [0, 0.05) is 11.8 Å². The average Bonchev–Trinajstić information content (AvgIpc) is 2.17. The summed E-state index contributed by atoms with van der Waals surface area (Å²) in [6.07, 6.45) is -4.49. The van der Waals surface area contributed by atoms with Crippen molar-refractivity contribution in [3.8, 4) is 5.75 Å². The van der Waals surface area contributed by atoms with Crippen LogP contribution in [0.25, 0.3) is 0 Å². The van der Waals surface area contributed by atoms with Gasteiger partial charge in [-0.3, -0.25) is 4.79 Å². The molecule has 0 aliphatic heterocycles. The maximum absolute atomic E-state index is 11.9. The van der Waals surface area contributed by atoms with E-state index < -0.39 is 11.8 Å². The number of alkyl halides is 3. The molecule has 0 radical (unpaired) electrons. The SMILES string of the molecule is CC(C)(C)C(=O)Cc1ccc(OC(F)(F)F)cc1. The van der Waals surface area contributed by atoms with Crippen molar-refractivity contribution in [3.63, 3.8) is 0 Å². The number of halogens is 3. The van der Waals surface area contributed by atoms with Crippen LogP contribution >= 0.6 is 0 Å². The summed E-state index contributed by atoms with van der Waals surface area (Å²) in [6.45, 7) is 5.41. The van der Waals surface area contributed by atoms with Gasteiger partial charge in [-0.25, -0.2) is 0 Å². The van der Waals surface area contributed by atoms with Crippen molar-refractivity contribution in [2.75, 3.05) is 0 Å². The van der Waals surface area contributed by atoms with Crippen LogP contribution in [0.4, 0.5) is 13.2 Å². The number of ether oxygens (including phenoxy) is 1. The maximum atomic E-state index is 11.9. The molecule has 0 heterocycles. The predicted molar refractivity (Wildman–Crippen MR) is 61.3 cm³/mol. The van der Waals surface area contributed by atoms with Gasteiger partial charge in [-0.05, 0) is 17.7 Å². The second kappa shape index (κ2) is 5.00. The Bertz CT molecular complexity index is 413. The van der Waals surface area contributed by atoms with Crippen molar-refractivity contribution in [2.45, 2.75) is 33.6 Å². The minimum absolute atomic E-state index is 0.0342. The lowest BCUT2D eigenvalue weighted by atomic mass is 9.87. The summed E-state index contributed by atoms with van der Waals surface area (Å²) >= 11 is 0. The number of hydrogen-bond donors (Lipinski definition) is 0. The number of carbonyl (C=O) groups excluding carboxylic acids is 1. The summed E-state index contributed by atoms with van der Waals surface area (Å²) in [4.78, 5) is 11.7. The van der Waals surface area contributed by atoms with Gasteiger partial charge in [0.1, 0.15) is 11.5 Å². The van der Waals surface area contributed by atoms with Crippen LogP contribution in [0.15, 0.2) is 24.3 Å². The summed E-state index contributed by atoms with van der Waals surface area (Å²) in [5.41, 5.74) is 0.214. The molecule has 100 valence electrons. The van der Waals surface area contributed by atoms with E-state index in [0.29, 0.717) is 5.56 Å². The first-order chi connectivity index (χ1) is 8.08. The lowest BCUT2D eigenvalue weighted by Gasteiger charge is -2.16. The molecule has 2 nitrogen and oxygen atoms in total. The van der Waals surface area contributed by atoms with Crippen molar-refractivity contribution in [2.24, 2.45) is 5.41 Å². The molecule has 0 saturated heterocycles. The molecule has 5 heteroatoms. The molecule has 0 unspecified atom stereocenters. The number of carbonyl (C=O) groups is 1. The van der Waals surface area contributed by atoms with Crippen molar-refractivity contribution in [1.29, 1.82) is 0 Å². The van der Waals surface area contributed by atoms with Gasteiger partial charge in [-0.2, -0.15) is 0 Å². The Morgan fingerprint density at radius 2 is 1.61 bits per heavy atom. The van der Waals surface area contributed by atoms with E-state index in [9.17, 15) is 18.0 Å². The van der Waals surface area contributed by atoms with Gasteiger partial charge in [-0.1, -0.05) is 32.9 Å². The van der Waals surface area contributed by atoms with E-state index in [0.717, 1.165) is 0 Å². The minimum Gasteiger partial charge on any atom is -0.406 e. The zero-order chi connectivity index (χ0) is 14.0. The van der Waals surface area contributed by atoms with Crippen LogP contribution in [0, 0.1) is 5.41 Å². The monoisotopic (exact) mass is 260 g/mol. The van der Waals surface area contributed by atoms with E-state index in [1.165, 1.54) is 24.3 Å². The van der Waals surface area contributed by atoms with Crippen molar-refractivity contribution >= 4 is 5.78 Å². The fourth-order valence-corrected chi connectivity index (χ4v) is 1.26. The van der Waals surface area contributed by atoms with E-state index in [1.807, 2.05) is 0 Å². The Hall–Kier alpha value is -1.52. The molecule has 0 bridgehead atoms. The summed E-state index contributed by atoms with van der Waals surface area (Å²) in [6, 6.07) is 5.34. The molecular weight excluding hydrogens is 245 g/mol. The van der Waals surface area contributed by atoms with Gasteiger partial charge >= 0.3 is 6.36 Å². The quantitative estimate of drug-likeness (QED) is 0.827. The summed E-state index contributed by atoms with van der Waals surface area (Å²) in [5.74, 6) is -0.249. The van der Waals surface area contributed by atoms with Crippen LogP contribution in [0.3, 0.4) is 0 Å². The molecular formula is C13H15F3O2. The fourth-order valence-electron chi connectivity index (χ4n) is 1.26. The second-order valence-electron chi connectivity index (χ2n) is 5.04. The first-order valence-corrected chi connectivity index (χ1v) is 5.46. The number of Topliss-reactive ketones (excluding diaryl/α,β-unsaturated/α-hetero) is 1. The number of ketones is 1. The topological polar surface area (TPSA) is 26.3 Å². The average molecular weight is 260 g/mol. The molecule has 0 aliphatic rings. The molecule has 0 amide bonds. The van der Waals surface area contributed by atoms with Gasteiger partial charge in [0.05, 0.1) is 0 Å². The Labute approximate surface area is 104 Å². The van der Waals surface area contributed by atoms with Crippen LogP contribution in [-0.4, -0.2) is 12.1 Å². The molecule has 1 rings (SSSR count). The van der Waals surface area contributed by atoms with E-state index in [1.54, 1.807) is 20.8 Å². The minimum atomic E-state index is -4.69. The lowest BCUT2D eigenvalue weighted by molar-refractivity contribution is -0.274. The first-order valence-electron chi connectivity index (χ1n) is 5.46. The van der Waals surface area contributed by atoms with Gasteiger partial charge in [0.15, 0.2) is 0 Å². The zero-order valence-electron chi connectivity index (χ0n) is 10.5. The van der Waals surface area contributed by atoms with Gasteiger partial charge in [0.25, 0.3) is 0 Å². The Morgan fingerprint density at radius 3 is 2.00 bits per heavy atom. The van der Waals surface area contributed by atoms with E-state index in [-0.39, 0.29) is 18.0 Å². The van der Waals surface area contributed by atoms with Crippen LogP contribution in [0.5, 0.6) is 5.75 Å². The molecule has 1 aromatic rings. The molecule has 0 aliphatic carbocycles. The Morgan fingerprint density at radius 1 is 1.11 bits per heavy atom. The van der Waals surface area contributed by atoms with Crippen molar-refractivity contribution < 1.29 is 22.7 Å². The molecule has 0 N–H and O–H groups in total. The largest absolute Gasteiger partial charge is 0.573 e.